The van der Waals surface area contributed by atoms with E-state index in [1.807, 2.05) is 0 Å². The average molecular weight is 911 g/mol. The zero-order valence-electron chi connectivity index (χ0n) is 44.1. The Hall–Kier alpha value is -2.17. The van der Waals surface area contributed by atoms with Crippen molar-refractivity contribution in [3.05, 3.63) is 36.5 Å². The second-order valence-corrected chi connectivity index (χ2v) is 19.6. The number of allylic oxidation sites excluding steroid dienone is 6. The summed E-state index contributed by atoms with van der Waals surface area (Å²) in [5.74, 6) is -0.208. The standard InChI is InChI=1S/C60H111NO4/c1-5-9-12-15-18-21-24-27-30-33-36-39-42-45-48-52-58(62)61(59(63)53-49-46-43-40-37-34-31-28-25-22-19-16-13-10-6-2)57(51-8-4)55-56-65-60(64)54-50-47-44-41-38-35-32-29-26-23-20-17-14-11-7-3/h27-32,57H,5-26,33-56H2,1-4H3. The van der Waals surface area contributed by atoms with Gasteiger partial charge in [0.15, 0.2) is 0 Å². The number of hydrogen-bond acceptors (Lipinski definition) is 4. The molecule has 380 valence electrons. The number of rotatable bonds is 51. The van der Waals surface area contributed by atoms with Crippen LogP contribution in [0.4, 0.5) is 0 Å². The van der Waals surface area contributed by atoms with Crippen molar-refractivity contribution in [3.63, 3.8) is 0 Å². The molecule has 0 fully saturated rings. The van der Waals surface area contributed by atoms with Gasteiger partial charge in [0.25, 0.3) is 0 Å². The first kappa shape index (κ1) is 62.8. The van der Waals surface area contributed by atoms with Crippen LogP contribution in [0.15, 0.2) is 36.5 Å². The molecule has 0 heterocycles. The topological polar surface area (TPSA) is 63.7 Å². The van der Waals surface area contributed by atoms with Gasteiger partial charge in [-0.2, -0.15) is 0 Å². The average Bonchev–Trinajstić information content (AvgIpc) is 3.30. The van der Waals surface area contributed by atoms with Crippen LogP contribution in [0.25, 0.3) is 0 Å². The van der Waals surface area contributed by atoms with Gasteiger partial charge in [0.05, 0.1) is 6.61 Å². The zero-order valence-corrected chi connectivity index (χ0v) is 44.1. The van der Waals surface area contributed by atoms with Crippen molar-refractivity contribution in [2.45, 2.75) is 323 Å². The van der Waals surface area contributed by atoms with Crippen LogP contribution in [0, 0.1) is 0 Å². The molecule has 0 rings (SSSR count). The number of ether oxygens (including phenoxy) is 1. The summed E-state index contributed by atoms with van der Waals surface area (Å²) in [7, 11) is 0. The van der Waals surface area contributed by atoms with Crippen molar-refractivity contribution in [3.8, 4) is 0 Å². The van der Waals surface area contributed by atoms with Crippen LogP contribution in [0.1, 0.15) is 317 Å². The van der Waals surface area contributed by atoms with E-state index in [2.05, 4.69) is 64.2 Å². The van der Waals surface area contributed by atoms with Crippen LogP contribution < -0.4 is 0 Å². The number of carbonyl (C=O) groups is 3. The largest absolute Gasteiger partial charge is 0.466 e. The first-order valence-electron chi connectivity index (χ1n) is 29.0. The number of hydrogen-bond donors (Lipinski definition) is 0. The fourth-order valence-corrected chi connectivity index (χ4v) is 8.94. The van der Waals surface area contributed by atoms with Crippen LogP contribution in [0.5, 0.6) is 0 Å². The quantitative estimate of drug-likeness (QED) is 0.0346. The molecule has 0 radical (unpaired) electrons. The van der Waals surface area contributed by atoms with E-state index < -0.39 is 0 Å². The van der Waals surface area contributed by atoms with Gasteiger partial charge in [-0.3, -0.25) is 19.3 Å². The zero-order chi connectivity index (χ0) is 47.4. The molecule has 0 saturated carbocycles. The maximum Gasteiger partial charge on any atom is 0.305 e. The maximum absolute atomic E-state index is 13.8. The fourth-order valence-electron chi connectivity index (χ4n) is 8.94. The summed E-state index contributed by atoms with van der Waals surface area (Å²) in [5.41, 5.74) is 0. The lowest BCUT2D eigenvalue weighted by molar-refractivity contribution is -0.149. The van der Waals surface area contributed by atoms with E-state index in [0.717, 1.165) is 89.9 Å². The maximum atomic E-state index is 13.8. The molecule has 0 aliphatic heterocycles. The van der Waals surface area contributed by atoms with E-state index in [1.54, 1.807) is 4.90 Å². The van der Waals surface area contributed by atoms with Crippen molar-refractivity contribution < 1.29 is 19.1 Å². The van der Waals surface area contributed by atoms with Gasteiger partial charge in [0.1, 0.15) is 0 Å². The minimum absolute atomic E-state index is 0.0292. The first-order valence-corrected chi connectivity index (χ1v) is 29.0. The van der Waals surface area contributed by atoms with Gasteiger partial charge in [-0.1, -0.05) is 225 Å². The molecule has 65 heavy (non-hydrogen) atoms. The van der Waals surface area contributed by atoms with Gasteiger partial charge in [-0.05, 0) is 103 Å². The lowest BCUT2D eigenvalue weighted by Gasteiger charge is -2.30. The van der Waals surface area contributed by atoms with Crippen molar-refractivity contribution >= 4 is 17.8 Å². The van der Waals surface area contributed by atoms with Crippen molar-refractivity contribution in [2.75, 3.05) is 6.61 Å². The molecule has 5 heteroatoms. The summed E-state index contributed by atoms with van der Waals surface area (Å²) >= 11 is 0. The summed E-state index contributed by atoms with van der Waals surface area (Å²) in [6.45, 7) is 9.20. The molecule has 0 spiro atoms. The molecule has 1 atom stereocenters. The van der Waals surface area contributed by atoms with Crippen LogP contribution in [0.3, 0.4) is 0 Å². The molecule has 0 aromatic carbocycles. The summed E-state index contributed by atoms with van der Waals surface area (Å²) in [6, 6.07) is -0.209. The third-order valence-corrected chi connectivity index (χ3v) is 13.2. The summed E-state index contributed by atoms with van der Waals surface area (Å²) in [6.07, 6.45) is 65.3. The SMILES string of the molecule is CCCCCCCCC=CCCCCCCCC(=O)OCCC(CCC)N(C(=O)CCCCCCCC=CCCCCCCCC)C(=O)CCCCCCCC=CCCCCCCCC. The molecule has 1 unspecified atom stereocenters. The van der Waals surface area contributed by atoms with Crippen LogP contribution in [-0.2, 0) is 19.1 Å². The summed E-state index contributed by atoms with van der Waals surface area (Å²) in [5, 5.41) is 0. The van der Waals surface area contributed by atoms with Crippen LogP contribution >= 0.6 is 0 Å². The molecule has 0 saturated heterocycles. The second-order valence-electron chi connectivity index (χ2n) is 19.6. The highest BCUT2D eigenvalue weighted by Crippen LogP contribution is 2.20. The van der Waals surface area contributed by atoms with E-state index in [4.69, 9.17) is 4.74 Å². The van der Waals surface area contributed by atoms with E-state index in [0.29, 0.717) is 25.7 Å². The molecule has 5 nitrogen and oxygen atoms in total. The normalized spacial score (nSPS) is 12.3. The predicted molar refractivity (Wildman–Crippen MR) is 284 cm³/mol. The Kier molecular flexibility index (Phi) is 51.0. The highest BCUT2D eigenvalue weighted by atomic mass is 16.5. The second kappa shape index (κ2) is 52.8. The minimum Gasteiger partial charge on any atom is -0.466 e. The number of unbranched alkanes of at least 4 members (excludes halogenated alkanes) is 33. The number of nitrogens with zero attached hydrogens (tertiary/aromatic N) is 1. The van der Waals surface area contributed by atoms with E-state index in [1.165, 1.54) is 173 Å². The molecule has 0 aromatic heterocycles. The van der Waals surface area contributed by atoms with Crippen molar-refractivity contribution in [2.24, 2.45) is 0 Å². The third-order valence-electron chi connectivity index (χ3n) is 13.2. The smallest absolute Gasteiger partial charge is 0.305 e. The monoisotopic (exact) mass is 910 g/mol. The number of carbonyl (C=O) groups excluding carboxylic acids is 3. The molecular formula is C60H111NO4. The Bertz CT molecular complexity index is 1060. The lowest BCUT2D eigenvalue weighted by atomic mass is 10.0. The van der Waals surface area contributed by atoms with E-state index >= 15 is 0 Å². The lowest BCUT2D eigenvalue weighted by Crippen LogP contribution is -2.45. The molecule has 2 amide bonds. The van der Waals surface area contributed by atoms with E-state index in [9.17, 15) is 14.4 Å². The van der Waals surface area contributed by atoms with Gasteiger partial charge >= 0.3 is 5.97 Å². The Morgan fingerprint density at radius 2 is 0.615 bits per heavy atom. The van der Waals surface area contributed by atoms with Gasteiger partial charge in [0, 0.05) is 31.7 Å². The predicted octanol–water partition coefficient (Wildman–Crippen LogP) is 19.6. The summed E-state index contributed by atoms with van der Waals surface area (Å²) < 4.78 is 5.72. The highest BCUT2D eigenvalue weighted by Gasteiger charge is 2.28. The van der Waals surface area contributed by atoms with Gasteiger partial charge < -0.3 is 4.74 Å². The van der Waals surface area contributed by atoms with Gasteiger partial charge in [0.2, 0.25) is 11.8 Å². The highest BCUT2D eigenvalue weighted by molar-refractivity contribution is 5.95. The Morgan fingerprint density at radius 1 is 0.338 bits per heavy atom. The molecule has 0 aliphatic carbocycles. The first-order chi connectivity index (χ1) is 32.0. The summed E-state index contributed by atoms with van der Waals surface area (Å²) in [4.78, 5) is 42.0. The Balaban J connectivity index is 4.73. The van der Waals surface area contributed by atoms with Crippen LogP contribution in [-0.4, -0.2) is 35.3 Å². The molecule has 0 aromatic rings. The van der Waals surface area contributed by atoms with Gasteiger partial charge in [-0.25, -0.2) is 0 Å². The molecular weight excluding hydrogens is 799 g/mol. The Labute approximate surface area is 406 Å². The number of amides is 2. The molecule has 0 N–H and O–H groups in total. The fraction of sp³-hybridized carbons (Fsp3) is 0.850. The van der Waals surface area contributed by atoms with Gasteiger partial charge in [-0.15, -0.1) is 0 Å². The third kappa shape index (κ3) is 45.4. The van der Waals surface area contributed by atoms with E-state index in [-0.39, 0.29) is 30.4 Å². The molecule has 0 aliphatic rings. The molecule has 0 bridgehead atoms. The Morgan fingerprint density at radius 3 is 0.923 bits per heavy atom. The minimum atomic E-state index is -0.209. The van der Waals surface area contributed by atoms with Crippen molar-refractivity contribution in [1.29, 1.82) is 0 Å². The van der Waals surface area contributed by atoms with Crippen molar-refractivity contribution in [1.82, 2.24) is 4.90 Å². The van der Waals surface area contributed by atoms with Crippen LogP contribution in [0.2, 0.25) is 0 Å². The number of esters is 1. The number of imide groups is 1.